The van der Waals surface area contributed by atoms with Gasteiger partial charge in [0.1, 0.15) is 12.6 Å². The zero-order valence-corrected chi connectivity index (χ0v) is 34.8. The summed E-state index contributed by atoms with van der Waals surface area (Å²) in [6, 6.07) is -1.56. The number of unbranched alkanes of at least 4 members (excludes halogenated alkanes) is 9. The van der Waals surface area contributed by atoms with Crippen LogP contribution >= 0.6 is 7.82 Å². The van der Waals surface area contributed by atoms with Crippen molar-refractivity contribution < 1.29 is 57.7 Å². The number of carbonyl (C=O) groups is 3. The van der Waals surface area contributed by atoms with E-state index in [1.54, 1.807) is 6.08 Å². The van der Waals surface area contributed by atoms with Crippen molar-refractivity contribution in [2.24, 2.45) is 5.73 Å². The molecule has 56 heavy (non-hydrogen) atoms. The smallest absolute Gasteiger partial charge is 0.472 e. The average molecular weight is 814 g/mol. The molecule has 6 N–H and O–H groups in total. The molecular weight excluding hydrogens is 741 g/mol. The first-order chi connectivity index (χ1) is 26.9. The number of ether oxygens (including phenoxy) is 2. The molecule has 14 heteroatoms. The minimum absolute atomic E-state index is 0.0873. The molecule has 0 aromatic rings. The Balaban J connectivity index is 4.67. The fourth-order valence-electron chi connectivity index (χ4n) is 5.09. The van der Waals surface area contributed by atoms with Gasteiger partial charge in [0.15, 0.2) is 6.10 Å². The third-order valence-corrected chi connectivity index (χ3v) is 9.40. The minimum atomic E-state index is -4.79. The predicted octanol–water partition coefficient (Wildman–Crippen LogP) is 8.33. The summed E-state index contributed by atoms with van der Waals surface area (Å²) in [4.78, 5) is 45.9. The number of phosphoric ester groups is 1. The number of aliphatic hydroxyl groups excluding tert-OH is 2. The Morgan fingerprint density at radius 2 is 1.18 bits per heavy atom. The molecule has 322 valence electrons. The van der Waals surface area contributed by atoms with Crippen LogP contribution in [0.25, 0.3) is 0 Å². The molecule has 1 unspecified atom stereocenters. The molecular formula is C42H72NO12P. The number of allylic oxidation sites excluding steroid dienone is 9. The molecule has 0 aromatic heterocycles. The molecule has 0 aliphatic heterocycles. The van der Waals surface area contributed by atoms with E-state index in [4.69, 9.17) is 24.8 Å². The summed E-state index contributed by atoms with van der Waals surface area (Å²) in [6.07, 6.45) is 33.3. The SMILES string of the molecule is CC/C=C\C/C=C\C/C=C\C/C=C\C[C@H](O)[C@@H](O)CCCC(=O)OC[C@H](COP(=O)(O)OC[C@H](N)C(=O)O)OC(=O)CCCCCCC/C=C\CCCCCC. The van der Waals surface area contributed by atoms with Crippen molar-refractivity contribution in [3.8, 4) is 0 Å². The highest BCUT2D eigenvalue weighted by atomic mass is 31.2. The molecule has 0 aromatic carbocycles. The lowest BCUT2D eigenvalue weighted by Gasteiger charge is -2.20. The van der Waals surface area contributed by atoms with Gasteiger partial charge in [-0.1, -0.05) is 113 Å². The van der Waals surface area contributed by atoms with Crippen LogP contribution in [-0.4, -0.2) is 82.3 Å². The first-order valence-electron chi connectivity index (χ1n) is 20.5. The molecule has 0 aliphatic carbocycles. The highest BCUT2D eigenvalue weighted by molar-refractivity contribution is 7.47. The van der Waals surface area contributed by atoms with E-state index in [2.05, 4.69) is 60.9 Å². The highest BCUT2D eigenvalue weighted by Crippen LogP contribution is 2.43. The van der Waals surface area contributed by atoms with Gasteiger partial charge in [-0.2, -0.15) is 0 Å². The summed E-state index contributed by atoms with van der Waals surface area (Å²) in [5.41, 5.74) is 5.31. The van der Waals surface area contributed by atoms with E-state index in [1.165, 1.54) is 25.7 Å². The molecule has 0 amide bonds. The number of aliphatic carboxylic acids is 1. The zero-order chi connectivity index (χ0) is 41.7. The van der Waals surface area contributed by atoms with Gasteiger partial charge in [-0.15, -0.1) is 0 Å². The Kier molecular flexibility index (Phi) is 34.6. The van der Waals surface area contributed by atoms with E-state index in [0.29, 0.717) is 12.8 Å². The molecule has 5 atom stereocenters. The quantitative estimate of drug-likeness (QED) is 0.0173. The van der Waals surface area contributed by atoms with Crippen LogP contribution in [0, 0.1) is 0 Å². The van der Waals surface area contributed by atoms with Crippen molar-refractivity contribution in [3.63, 3.8) is 0 Å². The second-order valence-corrected chi connectivity index (χ2v) is 15.1. The first kappa shape index (κ1) is 53.1. The fraction of sp³-hybridized carbons (Fsp3) is 0.690. The molecule has 0 saturated carbocycles. The van der Waals surface area contributed by atoms with Crippen molar-refractivity contribution in [1.82, 2.24) is 0 Å². The van der Waals surface area contributed by atoms with Crippen molar-refractivity contribution in [1.29, 1.82) is 0 Å². The summed E-state index contributed by atoms with van der Waals surface area (Å²) in [6.45, 7) is 2.34. The van der Waals surface area contributed by atoms with Crippen molar-refractivity contribution in [3.05, 3.63) is 60.8 Å². The third-order valence-electron chi connectivity index (χ3n) is 8.45. The van der Waals surface area contributed by atoms with Crippen LogP contribution in [0.3, 0.4) is 0 Å². The minimum Gasteiger partial charge on any atom is -0.480 e. The van der Waals surface area contributed by atoms with E-state index in [0.717, 1.165) is 57.8 Å². The normalized spacial score (nSPS) is 15.5. The number of phosphoric acid groups is 1. The molecule has 0 spiro atoms. The van der Waals surface area contributed by atoms with Gasteiger partial charge in [0, 0.05) is 12.8 Å². The van der Waals surface area contributed by atoms with Gasteiger partial charge in [-0.05, 0) is 77.0 Å². The first-order valence-corrected chi connectivity index (χ1v) is 22.0. The molecule has 0 heterocycles. The Hall–Kier alpha value is -2.90. The van der Waals surface area contributed by atoms with Gasteiger partial charge in [0.2, 0.25) is 0 Å². The number of rotatable bonds is 37. The van der Waals surface area contributed by atoms with Crippen molar-refractivity contribution >= 4 is 25.7 Å². The number of nitrogens with two attached hydrogens (primary N) is 1. The number of hydrogen-bond acceptors (Lipinski definition) is 11. The topological polar surface area (TPSA) is 212 Å². The molecule has 13 nitrogen and oxygen atoms in total. The van der Waals surface area contributed by atoms with Gasteiger partial charge in [-0.3, -0.25) is 23.4 Å². The average Bonchev–Trinajstić information content (AvgIpc) is 3.16. The van der Waals surface area contributed by atoms with Crippen molar-refractivity contribution in [2.75, 3.05) is 19.8 Å². The van der Waals surface area contributed by atoms with E-state index in [9.17, 15) is 34.1 Å². The second kappa shape index (κ2) is 36.4. The van der Waals surface area contributed by atoms with Crippen LogP contribution < -0.4 is 5.73 Å². The van der Waals surface area contributed by atoms with Crippen LogP contribution in [-0.2, 0) is 37.5 Å². The molecule has 0 rings (SSSR count). The van der Waals surface area contributed by atoms with Gasteiger partial charge in [0.05, 0.1) is 25.4 Å². The number of aliphatic hydroxyl groups is 2. The largest absolute Gasteiger partial charge is 0.480 e. The van der Waals surface area contributed by atoms with Crippen LogP contribution in [0.2, 0.25) is 0 Å². The molecule has 0 saturated heterocycles. The van der Waals surface area contributed by atoms with Crippen LogP contribution in [0.15, 0.2) is 60.8 Å². The summed E-state index contributed by atoms with van der Waals surface area (Å²) < 4.78 is 32.4. The van der Waals surface area contributed by atoms with E-state index < -0.39 is 69.9 Å². The summed E-state index contributed by atoms with van der Waals surface area (Å²) >= 11 is 0. The van der Waals surface area contributed by atoms with Crippen LogP contribution in [0.1, 0.15) is 142 Å². The monoisotopic (exact) mass is 813 g/mol. The molecule has 0 fully saturated rings. The second-order valence-electron chi connectivity index (χ2n) is 13.7. The lowest BCUT2D eigenvalue weighted by atomic mass is 10.0. The Morgan fingerprint density at radius 1 is 0.643 bits per heavy atom. The number of carboxylic acid groups (broad SMARTS) is 1. The maximum atomic E-state index is 12.6. The lowest BCUT2D eigenvalue weighted by molar-refractivity contribution is -0.161. The lowest BCUT2D eigenvalue weighted by Crippen LogP contribution is -2.34. The van der Waals surface area contributed by atoms with Crippen molar-refractivity contribution in [2.45, 2.75) is 167 Å². The fourth-order valence-corrected chi connectivity index (χ4v) is 5.86. The number of carboxylic acids is 1. The molecule has 0 aliphatic rings. The summed E-state index contributed by atoms with van der Waals surface area (Å²) in [5, 5.41) is 29.5. The molecule has 0 radical (unpaired) electrons. The van der Waals surface area contributed by atoms with Gasteiger partial charge >= 0.3 is 25.7 Å². The highest BCUT2D eigenvalue weighted by Gasteiger charge is 2.28. The standard InChI is InChI=1S/C42H72NO12P/c1-3-5-7-9-11-13-15-17-19-21-23-25-27-31-41(47)55-36(34-53-56(50,51)54-35-37(43)42(48)49)33-52-40(46)32-28-30-39(45)38(44)29-26-24-22-20-18-16-14-12-10-8-6-4-2/h6,8,12-15,18,20,24,26,36-39,44-45H,3-5,7,9-11,16-17,19,21-23,25,27-35,43H2,1-2H3,(H,48,49)(H,50,51)/b8-6-,14-12-,15-13-,20-18-,26-24-/t36-,37+,38+,39+/m1/s1. The maximum Gasteiger partial charge on any atom is 0.472 e. The number of carbonyl (C=O) groups excluding carboxylic acids is 2. The summed E-state index contributed by atoms with van der Waals surface area (Å²) in [5.74, 6) is -2.72. The molecule has 0 bridgehead atoms. The third kappa shape index (κ3) is 34.4. The zero-order valence-electron chi connectivity index (χ0n) is 33.9. The van der Waals surface area contributed by atoms with Gasteiger partial charge < -0.3 is 35.4 Å². The van der Waals surface area contributed by atoms with Crippen LogP contribution in [0.4, 0.5) is 0 Å². The van der Waals surface area contributed by atoms with Gasteiger partial charge in [-0.25, -0.2) is 4.57 Å². The Labute approximate surface area is 335 Å². The Morgan fingerprint density at radius 3 is 1.79 bits per heavy atom. The van der Waals surface area contributed by atoms with Crippen LogP contribution in [0.5, 0.6) is 0 Å². The predicted molar refractivity (Wildman–Crippen MR) is 220 cm³/mol. The number of hydrogen-bond donors (Lipinski definition) is 5. The van der Waals surface area contributed by atoms with Gasteiger partial charge in [0.25, 0.3) is 0 Å². The van der Waals surface area contributed by atoms with E-state index >= 15 is 0 Å². The van der Waals surface area contributed by atoms with E-state index in [1.807, 2.05) is 12.2 Å². The Bertz CT molecular complexity index is 1220. The summed E-state index contributed by atoms with van der Waals surface area (Å²) in [7, 11) is -4.79. The number of esters is 2. The van der Waals surface area contributed by atoms with E-state index in [-0.39, 0.29) is 32.1 Å². The maximum absolute atomic E-state index is 12.6.